The topological polar surface area (TPSA) is 112 Å². The molecule has 0 spiro atoms. The van der Waals surface area contributed by atoms with Gasteiger partial charge in [-0.2, -0.15) is 0 Å². The van der Waals surface area contributed by atoms with Gasteiger partial charge in [-0.15, -0.1) is 0 Å². The summed E-state index contributed by atoms with van der Waals surface area (Å²) in [5.41, 5.74) is 5.32. The molecule has 0 amide bonds. The van der Waals surface area contributed by atoms with Crippen molar-refractivity contribution in [3.05, 3.63) is 40.5 Å². The molecule has 2 aromatic rings. The van der Waals surface area contributed by atoms with E-state index in [-0.39, 0.29) is 11.5 Å². The highest BCUT2D eigenvalue weighted by Gasteiger charge is 2.12. The van der Waals surface area contributed by atoms with E-state index in [4.69, 9.17) is 5.73 Å². The lowest BCUT2D eigenvalue weighted by Gasteiger charge is -2.06. The molecule has 0 aliphatic heterocycles. The van der Waals surface area contributed by atoms with Crippen LogP contribution in [0.5, 0.6) is 0 Å². The summed E-state index contributed by atoms with van der Waals surface area (Å²) in [4.78, 5) is 18.2. The Balaban J connectivity index is 1.95. The lowest BCUT2D eigenvalue weighted by molar-refractivity contribution is -0.384. The molecule has 0 aliphatic carbocycles. The highest BCUT2D eigenvalue weighted by molar-refractivity contribution is 5.57. The number of hydrogen-bond donors (Lipinski definition) is 2. The summed E-state index contributed by atoms with van der Waals surface area (Å²) in [6.07, 6.45) is 4.33. The van der Waals surface area contributed by atoms with E-state index in [1.165, 1.54) is 12.1 Å². The van der Waals surface area contributed by atoms with Crippen molar-refractivity contribution in [3.8, 4) is 0 Å². The van der Waals surface area contributed by atoms with Crippen LogP contribution in [0.3, 0.4) is 0 Å². The molecule has 0 fully saturated rings. The van der Waals surface area contributed by atoms with Crippen LogP contribution in [0.1, 0.15) is 5.82 Å². The third kappa shape index (κ3) is 2.97. The highest BCUT2D eigenvalue weighted by atomic mass is 16.6. The van der Waals surface area contributed by atoms with Crippen LogP contribution in [0.2, 0.25) is 0 Å². The normalized spacial score (nSPS) is 10.4. The Bertz CT molecular complexity index is 595. The number of pyridine rings is 1. The zero-order valence-corrected chi connectivity index (χ0v) is 10.4. The third-order valence-corrected chi connectivity index (χ3v) is 2.67. The predicted octanol–water partition coefficient (Wildman–Crippen LogP) is 0.960. The number of rotatable bonds is 5. The van der Waals surface area contributed by atoms with E-state index in [0.29, 0.717) is 12.4 Å². The van der Waals surface area contributed by atoms with E-state index < -0.39 is 4.92 Å². The average Bonchev–Trinajstić information content (AvgIpc) is 2.75. The van der Waals surface area contributed by atoms with Crippen LogP contribution in [0, 0.1) is 10.1 Å². The molecule has 100 valence electrons. The maximum atomic E-state index is 10.6. The molecule has 2 heterocycles. The van der Waals surface area contributed by atoms with Crippen molar-refractivity contribution in [3.63, 3.8) is 0 Å². The molecule has 2 aromatic heterocycles. The van der Waals surface area contributed by atoms with E-state index in [1.807, 2.05) is 17.8 Å². The van der Waals surface area contributed by atoms with Crippen molar-refractivity contribution >= 4 is 17.3 Å². The van der Waals surface area contributed by atoms with Crippen LogP contribution >= 0.6 is 0 Å². The molecule has 0 radical (unpaired) electrons. The number of nitro groups is 1. The van der Waals surface area contributed by atoms with E-state index >= 15 is 0 Å². The zero-order chi connectivity index (χ0) is 13.8. The van der Waals surface area contributed by atoms with Crippen molar-refractivity contribution in [2.24, 2.45) is 7.05 Å². The van der Waals surface area contributed by atoms with Crippen molar-refractivity contribution in [1.82, 2.24) is 14.5 Å². The summed E-state index contributed by atoms with van der Waals surface area (Å²) in [6, 6.07) is 2.87. The second-order valence-electron chi connectivity index (χ2n) is 3.99. The Morgan fingerprint density at radius 2 is 2.32 bits per heavy atom. The number of aromatic nitrogens is 3. The number of nitrogens with zero attached hydrogens (tertiary/aromatic N) is 4. The van der Waals surface area contributed by atoms with E-state index in [0.717, 1.165) is 12.2 Å². The minimum atomic E-state index is -0.556. The number of anilines is 2. The molecule has 3 N–H and O–H groups in total. The lowest BCUT2D eigenvalue weighted by Crippen LogP contribution is -2.10. The smallest absolute Gasteiger partial charge is 0.311 e. The molecule has 0 aliphatic rings. The van der Waals surface area contributed by atoms with Gasteiger partial charge in [0.05, 0.1) is 4.92 Å². The van der Waals surface area contributed by atoms with Crippen LogP contribution in [-0.4, -0.2) is 26.0 Å². The van der Waals surface area contributed by atoms with Gasteiger partial charge >= 0.3 is 5.69 Å². The first-order chi connectivity index (χ1) is 9.08. The van der Waals surface area contributed by atoms with Crippen molar-refractivity contribution in [2.45, 2.75) is 6.42 Å². The standard InChI is InChI=1S/C11H14N6O2/c1-16-7-6-14-10(16)4-5-13-9-3-2-8(17(18)19)11(12)15-9/h2-3,6-7H,4-5H2,1H3,(H3,12,13,15). The van der Waals surface area contributed by atoms with Gasteiger partial charge in [0.15, 0.2) is 0 Å². The first-order valence-electron chi connectivity index (χ1n) is 5.69. The lowest BCUT2D eigenvalue weighted by atomic mass is 10.3. The van der Waals surface area contributed by atoms with Crippen molar-refractivity contribution in [2.75, 3.05) is 17.6 Å². The second-order valence-corrected chi connectivity index (χ2v) is 3.99. The maximum absolute atomic E-state index is 10.6. The molecule has 0 saturated carbocycles. The summed E-state index contributed by atoms with van der Waals surface area (Å²) in [6.45, 7) is 0.620. The number of nitrogen functional groups attached to an aromatic ring is 1. The molecule has 0 bridgehead atoms. The molecule has 8 nitrogen and oxygen atoms in total. The Morgan fingerprint density at radius 3 is 2.89 bits per heavy atom. The highest BCUT2D eigenvalue weighted by Crippen LogP contribution is 2.20. The van der Waals surface area contributed by atoms with Gasteiger partial charge in [-0.3, -0.25) is 10.1 Å². The maximum Gasteiger partial charge on any atom is 0.311 e. The van der Waals surface area contributed by atoms with Crippen molar-refractivity contribution in [1.29, 1.82) is 0 Å². The first kappa shape index (κ1) is 12.8. The van der Waals surface area contributed by atoms with Crippen LogP contribution < -0.4 is 11.1 Å². The van der Waals surface area contributed by atoms with E-state index in [2.05, 4.69) is 15.3 Å². The quantitative estimate of drug-likeness (QED) is 0.613. The number of nitrogens with two attached hydrogens (primary N) is 1. The van der Waals surface area contributed by atoms with Gasteiger partial charge < -0.3 is 15.6 Å². The van der Waals surface area contributed by atoms with Crippen LogP contribution in [0.15, 0.2) is 24.5 Å². The Kier molecular flexibility index (Phi) is 3.60. The second kappa shape index (κ2) is 5.34. The van der Waals surface area contributed by atoms with Crippen LogP contribution in [0.4, 0.5) is 17.3 Å². The molecule has 8 heteroatoms. The molecule has 19 heavy (non-hydrogen) atoms. The molecule has 2 rings (SSSR count). The van der Waals surface area contributed by atoms with Crippen LogP contribution in [-0.2, 0) is 13.5 Å². The third-order valence-electron chi connectivity index (χ3n) is 2.67. The minimum absolute atomic E-state index is 0.0907. The molecular formula is C11H14N6O2. The van der Waals surface area contributed by atoms with Gasteiger partial charge in [-0.1, -0.05) is 0 Å². The Morgan fingerprint density at radius 1 is 1.53 bits per heavy atom. The predicted molar refractivity (Wildman–Crippen MR) is 70.7 cm³/mol. The monoisotopic (exact) mass is 262 g/mol. The Labute approximate surface area is 109 Å². The fourth-order valence-corrected chi connectivity index (χ4v) is 1.66. The molecular weight excluding hydrogens is 248 g/mol. The molecule has 0 aromatic carbocycles. The first-order valence-corrected chi connectivity index (χ1v) is 5.69. The van der Waals surface area contributed by atoms with Gasteiger partial charge in [0.1, 0.15) is 11.6 Å². The van der Waals surface area contributed by atoms with Gasteiger partial charge in [0.2, 0.25) is 5.82 Å². The van der Waals surface area contributed by atoms with Crippen LogP contribution in [0.25, 0.3) is 0 Å². The fourth-order valence-electron chi connectivity index (χ4n) is 1.66. The fraction of sp³-hybridized carbons (Fsp3) is 0.273. The average molecular weight is 262 g/mol. The SMILES string of the molecule is Cn1ccnc1CCNc1ccc([N+](=O)[O-])c(N)n1. The summed E-state index contributed by atoms with van der Waals surface area (Å²) in [7, 11) is 1.92. The summed E-state index contributed by atoms with van der Waals surface area (Å²) in [5.74, 6) is 1.37. The number of hydrogen-bond acceptors (Lipinski definition) is 6. The Hall–Kier alpha value is -2.64. The van der Waals surface area contributed by atoms with Crippen molar-refractivity contribution < 1.29 is 4.92 Å². The van der Waals surface area contributed by atoms with E-state index in [9.17, 15) is 10.1 Å². The van der Waals surface area contributed by atoms with E-state index in [1.54, 1.807) is 6.20 Å². The summed E-state index contributed by atoms with van der Waals surface area (Å²) < 4.78 is 1.93. The van der Waals surface area contributed by atoms with Gasteiger partial charge in [0, 0.05) is 38.5 Å². The zero-order valence-electron chi connectivity index (χ0n) is 10.4. The number of nitrogens with one attached hydrogen (secondary N) is 1. The molecule has 0 unspecified atom stereocenters. The van der Waals surface area contributed by atoms with Gasteiger partial charge in [0.25, 0.3) is 0 Å². The van der Waals surface area contributed by atoms with Gasteiger partial charge in [-0.25, -0.2) is 9.97 Å². The largest absolute Gasteiger partial charge is 0.378 e. The van der Waals surface area contributed by atoms with Gasteiger partial charge in [-0.05, 0) is 6.07 Å². The number of imidazole rings is 1. The summed E-state index contributed by atoms with van der Waals surface area (Å²) in [5, 5.41) is 13.6. The summed E-state index contributed by atoms with van der Waals surface area (Å²) >= 11 is 0. The minimum Gasteiger partial charge on any atom is -0.378 e. The molecule has 0 saturated heterocycles. The molecule has 0 atom stereocenters. The number of aryl methyl sites for hydroxylation is 1.